The number of rotatable bonds is 3. The Labute approximate surface area is 58.8 Å². The monoisotopic (exact) mass is 149 g/mol. The van der Waals surface area contributed by atoms with E-state index in [-0.39, 0.29) is 22.9 Å². The summed E-state index contributed by atoms with van der Waals surface area (Å²) in [6.45, 7) is 0. The van der Waals surface area contributed by atoms with E-state index in [0.717, 1.165) is 0 Å². The predicted octanol–water partition coefficient (Wildman–Crippen LogP) is 0.162. The van der Waals surface area contributed by atoms with E-state index < -0.39 is 0 Å². The molecule has 0 aliphatic carbocycles. The number of nitrogens with two attached hydrogens (primary N) is 1. The van der Waals surface area contributed by atoms with Gasteiger partial charge in [-0.1, -0.05) is 12.2 Å². The molecule has 0 aliphatic heterocycles. The fourth-order valence-corrected chi connectivity index (χ4v) is 0.523. The van der Waals surface area contributed by atoms with Crippen LogP contribution in [-0.2, 0) is 4.79 Å². The van der Waals surface area contributed by atoms with E-state index in [0.29, 0.717) is 0 Å². The molecule has 0 aromatic carbocycles. The molecule has 0 saturated heterocycles. The van der Waals surface area contributed by atoms with Gasteiger partial charge in [0.2, 0.25) is 0 Å². The summed E-state index contributed by atoms with van der Waals surface area (Å²) in [5.41, 5.74) is 5.05. The lowest BCUT2D eigenvalue weighted by molar-refractivity contribution is -0.115. The van der Waals surface area contributed by atoms with Crippen LogP contribution in [-0.4, -0.2) is 16.5 Å². The van der Waals surface area contributed by atoms with Gasteiger partial charge in [-0.3, -0.25) is 4.79 Å². The Morgan fingerprint density at radius 1 is 1.75 bits per heavy atom. The molecule has 0 amide bonds. The molecule has 0 bridgehead atoms. The quantitative estimate of drug-likeness (QED) is 0.444. The van der Waals surface area contributed by atoms with Gasteiger partial charge in [-0.2, -0.15) is 12.6 Å². The second-order valence-electron chi connectivity index (χ2n) is 1.34. The van der Waals surface area contributed by atoms with E-state index in [1.54, 1.807) is 0 Å². The van der Waals surface area contributed by atoms with Crippen LogP contribution >= 0.6 is 24.8 Å². The first-order valence-corrected chi connectivity index (χ1v) is 3.11. The van der Waals surface area contributed by atoms with Crippen molar-refractivity contribution in [3.05, 3.63) is 0 Å². The van der Waals surface area contributed by atoms with Gasteiger partial charge in [-0.15, -0.1) is 0 Å². The third-order valence-electron chi connectivity index (χ3n) is 0.548. The first kappa shape index (κ1) is 7.91. The molecule has 0 rings (SSSR count). The summed E-state index contributed by atoms with van der Waals surface area (Å²) in [7, 11) is 0. The molecule has 0 heterocycles. The fraction of sp³-hybridized carbons (Fsp3) is 0.500. The number of thiol groups is 1. The molecule has 8 heavy (non-hydrogen) atoms. The van der Waals surface area contributed by atoms with E-state index in [4.69, 9.17) is 5.73 Å². The molecule has 46 valence electrons. The van der Waals surface area contributed by atoms with Gasteiger partial charge in [0.1, 0.15) is 5.78 Å². The lowest BCUT2D eigenvalue weighted by atomic mass is 10.3. The highest BCUT2D eigenvalue weighted by atomic mass is 32.1. The number of Topliss-reactive ketones (excluding diaryl/α,β-unsaturated/α-hetero) is 1. The molecule has 0 atom stereocenters. The van der Waals surface area contributed by atoms with Gasteiger partial charge in [0.15, 0.2) is 0 Å². The minimum Gasteiger partial charge on any atom is -0.393 e. The van der Waals surface area contributed by atoms with E-state index in [9.17, 15) is 4.79 Å². The number of carbonyl (C=O) groups excluding carboxylic acids is 1. The van der Waals surface area contributed by atoms with E-state index in [1.165, 1.54) is 0 Å². The minimum absolute atomic E-state index is 0.0270. The molecule has 0 unspecified atom stereocenters. The normalized spacial score (nSPS) is 8.62. The van der Waals surface area contributed by atoms with Crippen LogP contribution in [0.1, 0.15) is 6.42 Å². The maximum absolute atomic E-state index is 10.4. The second-order valence-corrected chi connectivity index (χ2v) is 2.18. The number of carbonyl (C=O) groups is 1. The SMILES string of the molecule is NC(=S)CC(=O)CS. The van der Waals surface area contributed by atoms with Gasteiger partial charge in [0, 0.05) is 5.75 Å². The average molecular weight is 149 g/mol. The van der Waals surface area contributed by atoms with E-state index >= 15 is 0 Å². The fourth-order valence-electron chi connectivity index (χ4n) is 0.250. The molecule has 0 spiro atoms. The van der Waals surface area contributed by atoms with Crippen LogP contribution in [0.2, 0.25) is 0 Å². The first-order chi connectivity index (χ1) is 3.66. The molecule has 0 fully saturated rings. The number of hydrogen-bond donors (Lipinski definition) is 2. The Kier molecular flexibility index (Phi) is 3.81. The highest BCUT2D eigenvalue weighted by molar-refractivity contribution is 7.81. The van der Waals surface area contributed by atoms with Crippen LogP contribution in [0.3, 0.4) is 0 Å². The zero-order valence-electron chi connectivity index (χ0n) is 4.26. The van der Waals surface area contributed by atoms with Gasteiger partial charge in [-0.25, -0.2) is 0 Å². The third-order valence-corrected chi connectivity index (χ3v) is 1.04. The molecule has 4 heteroatoms. The number of hydrogen-bond acceptors (Lipinski definition) is 3. The molecule has 0 aromatic heterocycles. The van der Waals surface area contributed by atoms with Gasteiger partial charge in [-0.05, 0) is 0 Å². The summed E-state index contributed by atoms with van der Waals surface area (Å²) in [6.07, 6.45) is 0.179. The topological polar surface area (TPSA) is 43.1 Å². The Morgan fingerprint density at radius 3 is 2.38 bits per heavy atom. The van der Waals surface area contributed by atoms with Gasteiger partial charge < -0.3 is 5.73 Å². The standard InChI is InChI=1S/C4H7NOS2/c5-4(8)1-3(6)2-7/h7H,1-2H2,(H2,5,8). The number of thiocarbonyl (C=S) groups is 1. The molecule has 0 radical (unpaired) electrons. The highest BCUT2D eigenvalue weighted by Crippen LogP contribution is 1.85. The van der Waals surface area contributed by atoms with Gasteiger partial charge in [0.05, 0.1) is 11.4 Å². The van der Waals surface area contributed by atoms with Crippen LogP contribution in [0.15, 0.2) is 0 Å². The predicted molar refractivity (Wildman–Crippen MR) is 40.3 cm³/mol. The Hall–Kier alpha value is -0.0900. The maximum atomic E-state index is 10.4. The van der Waals surface area contributed by atoms with Crippen LogP contribution in [0, 0.1) is 0 Å². The van der Waals surface area contributed by atoms with Crippen LogP contribution in [0.4, 0.5) is 0 Å². The van der Waals surface area contributed by atoms with Crippen LogP contribution in [0.25, 0.3) is 0 Å². The average Bonchev–Trinajstić information content (AvgIpc) is 1.65. The summed E-state index contributed by atoms with van der Waals surface area (Å²) < 4.78 is 0. The lowest BCUT2D eigenvalue weighted by Gasteiger charge is -1.90. The maximum Gasteiger partial charge on any atom is 0.149 e. The van der Waals surface area contributed by atoms with Crippen molar-refractivity contribution in [1.82, 2.24) is 0 Å². The summed E-state index contributed by atoms with van der Waals surface area (Å²) in [4.78, 5) is 10.6. The molecule has 2 N–H and O–H groups in total. The Morgan fingerprint density at radius 2 is 2.25 bits per heavy atom. The number of ketones is 1. The van der Waals surface area contributed by atoms with E-state index in [2.05, 4.69) is 24.8 Å². The first-order valence-electron chi connectivity index (χ1n) is 2.07. The zero-order chi connectivity index (χ0) is 6.57. The Bertz CT molecular complexity index is 113. The van der Waals surface area contributed by atoms with Crippen molar-refractivity contribution in [2.45, 2.75) is 6.42 Å². The largest absolute Gasteiger partial charge is 0.393 e. The summed E-state index contributed by atoms with van der Waals surface area (Å²) in [6, 6.07) is 0. The minimum atomic E-state index is -0.0270. The Balaban J connectivity index is 3.40. The van der Waals surface area contributed by atoms with Crippen molar-refractivity contribution in [3.8, 4) is 0 Å². The molecule has 0 aromatic rings. The van der Waals surface area contributed by atoms with Crippen molar-refractivity contribution >= 4 is 35.6 Å². The van der Waals surface area contributed by atoms with Crippen molar-refractivity contribution in [2.24, 2.45) is 5.73 Å². The summed E-state index contributed by atoms with van der Waals surface area (Å²) in [5.74, 6) is 0.193. The molecule has 0 aliphatic rings. The smallest absolute Gasteiger partial charge is 0.149 e. The van der Waals surface area contributed by atoms with Crippen molar-refractivity contribution in [3.63, 3.8) is 0 Å². The summed E-state index contributed by atoms with van der Waals surface area (Å²) >= 11 is 8.19. The van der Waals surface area contributed by atoms with Crippen molar-refractivity contribution in [2.75, 3.05) is 5.75 Å². The lowest BCUT2D eigenvalue weighted by Crippen LogP contribution is -2.14. The highest BCUT2D eigenvalue weighted by Gasteiger charge is 1.97. The van der Waals surface area contributed by atoms with Crippen LogP contribution < -0.4 is 5.73 Å². The molecule has 2 nitrogen and oxygen atoms in total. The second kappa shape index (κ2) is 3.86. The molecular weight excluding hydrogens is 142 g/mol. The third kappa shape index (κ3) is 4.08. The van der Waals surface area contributed by atoms with E-state index in [1.807, 2.05) is 0 Å². The van der Waals surface area contributed by atoms with Crippen LogP contribution in [0.5, 0.6) is 0 Å². The zero-order valence-corrected chi connectivity index (χ0v) is 5.97. The van der Waals surface area contributed by atoms with Gasteiger partial charge >= 0.3 is 0 Å². The molecular formula is C4H7NOS2. The summed E-state index contributed by atoms with van der Waals surface area (Å²) in [5, 5.41) is 0. The van der Waals surface area contributed by atoms with Crippen molar-refractivity contribution in [1.29, 1.82) is 0 Å². The molecule has 0 saturated carbocycles. The van der Waals surface area contributed by atoms with Gasteiger partial charge in [0.25, 0.3) is 0 Å². The van der Waals surface area contributed by atoms with Crippen molar-refractivity contribution < 1.29 is 4.79 Å².